The molecule has 110 valence electrons. The van der Waals surface area contributed by atoms with Crippen LogP contribution in [0.25, 0.3) is 0 Å². The van der Waals surface area contributed by atoms with Crippen molar-refractivity contribution in [3.63, 3.8) is 0 Å². The van der Waals surface area contributed by atoms with E-state index in [1.807, 2.05) is 61.3 Å². The molecule has 2 rings (SSSR count). The molecule has 0 fully saturated rings. The number of rotatable bonds is 6. The van der Waals surface area contributed by atoms with Gasteiger partial charge in [0.2, 0.25) is 0 Å². The molecule has 1 atom stereocenters. The van der Waals surface area contributed by atoms with Crippen LogP contribution in [0.1, 0.15) is 22.9 Å². The number of carbonyl (C=O) groups is 1. The molecule has 0 aliphatic heterocycles. The van der Waals surface area contributed by atoms with Crippen LogP contribution >= 0.6 is 0 Å². The van der Waals surface area contributed by atoms with Crippen molar-refractivity contribution in [2.24, 2.45) is 0 Å². The average Bonchev–Trinajstić information content (AvgIpc) is 2.48. The van der Waals surface area contributed by atoms with Crippen molar-refractivity contribution >= 4 is 5.97 Å². The molecule has 0 saturated heterocycles. The maximum Gasteiger partial charge on any atom is 0.325 e. The summed E-state index contributed by atoms with van der Waals surface area (Å²) in [5, 5.41) is 9.51. The van der Waals surface area contributed by atoms with Crippen LogP contribution in [0.5, 0.6) is 0 Å². The van der Waals surface area contributed by atoms with E-state index in [4.69, 9.17) is 0 Å². The SMILES string of the molecule is Cc1ccc([C@@H](C(=O)O)N(C)CCc2ccccn2)cc1. The van der Waals surface area contributed by atoms with E-state index in [1.165, 1.54) is 0 Å². The molecule has 0 bridgehead atoms. The summed E-state index contributed by atoms with van der Waals surface area (Å²) in [6, 6.07) is 12.8. The van der Waals surface area contributed by atoms with Gasteiger partial charge in [-0.1, -0.05) is 35.9 Å². The Labute approximate surface area is 125 Å². The summed E-state index contributed by atoms with van der Waals surface area (Å²) in [7, 11) is 1.83. The topological polar surface area (TPSA) is 53.4 Å². The fraction of sp³-hybridized carbons (Fsp3) is 0.294. The van der Waals surface area contributed by atoms with E-state index < -0.39 is 12.0 Å². The summed E-state index contributed by atoms with van der Waals surface area (Å²) in [4.78, 5) is 17.7. The summed E-state index contributed by atoms with van der Waals surface area (Å²) in [5.41, 5.74) is 2.90. The lowest BCUT2D eigenvalue weighted by atomic mass is 10.0. The quantitative estimate of drug-likeness (QED) is 0.886. The molecule has 1 heterocycles. The predicted octanol–water partition coefficient (Wildman–Crippen LogP) is 2.69. The smallest absolute Gasteiger partial charge is 0.325 e. The van der Waals surface area contributed by atoms with Crippen molar-refractivity contribution in [2.75, 3.05) is 13.6 Å². The summed E-state index contributed by atoms with van der Waals surface area (Å²) in [6.07, 6.45) is 2.48. The van der Waals surface area contributed by atoms with Gasteiger partial charge in [-0.3, -0.25) is 14.7 Å². The van der Waals surface area contributed by atoms with Crippen LogP contribution in [-0.4, -0.2) is 34.6 Å². The van der Waals surface area contributed by atoms with Crippen LogP contribution < -0.4 is 0 Å². The number of hydrogen-bond acceptors (Lipinski definition) is 3. The predicted molar refractivity (Wildman–Crippen MR) is 82.1 cm³/mol. The van der Waals surface area contributed by atoms with E-state index in [9.17, 15) is 9.90 Å². The van der Waals surface area contributed by atoms with Gasteiger partial charge >= 0.3 is 5.97 Å². The molecule has 1 aromatic heterocycles. The van der Waals surface area contributed by atoms with Gasteiger partial charge in [-0.2, -0.15) is 0 Å². The summed E-state index contributed by atoms with van der Waals surface area (Å²) in [5.74, 6) is -0.831. The first-order chi connectivity index (χ1) is 10.1. The van der Waals surface area contributed by atoms with Gasteiger partial charge in [0, 0.05) is 24.9 Å². The normalized spacial score (nSPS) is 12.3. The first kappa shape index (κ1) is 15.2. The van der Waals surface area contributed by atoms with Crippen molar-refractivity contribution in [2.45, 2.75) is 19.4 Å². The lowest BCUT2D eigenvalue weighted by molar-refractivity contribution is -0.143. The molecule has 0 saturated carbocycles. The van der Waals surface area contributed by atoms with Gasteiger partial charge < -0.3 is 5.11 Å². The van der Waals surface area contributed by atoms with Gasteiger partial charge in [-0.05, 0) is 31.7 Å². The van der Waals surface area contributed by atoms with Crippen molar-refractivity contribution < 1.29 is 9.90 Å². The second kappa shape index (κ2) is 6.99. The van der Waals surface area contributed by atoms with Crippen LogP contribution in [0.2, 0.25) is 0 Å². The first-order valence-electron chi connectivity index (χ1n) is 6.97. The number of pyridine rings is 1. The molecule has 21 heavy (non-hydrogen) atoms. The number of aromatic nitrogens is 1. The van der Waals surface area contributed by atoms with Gasteiger partial charge in [0.15, 0.2) is 0 Å². The summed E-state index contributed by atoms with van der Waals surface area (Å²) >= 11 is 0. The van der Waals surface area contributed by atoms with Gasteiger partial charge in [0.25, 0.3) is 0 Å². The Hall–Kier alpha value is -2.20. The highest BCUT2D eigenvalue weighted by atomic mass is 16.4. The number of carboxylic acid groups (broad SMARTS) is 1. The Kier molecular flexibility index (Phi) is 5.06. The molecular formula is C17H20N2O2. The van der Waals surface area contributed by atoms with Crippen LogP contribution in [0, 0.1) is 6.92 Å². The van der Waals surface area contributed by atoms with E-state index in [2.05, 4.69) is 4.98 Å². The number of aryl methyl sites for hydroxylation is 1. The minimum Gasteiger partial charge on any atom is -0.480 e. The number of nitrogens with zero attached hydrogens (tertiary/aromatic N) is 2. The maximum atomic E-state index is 11.6. The zero-order valence-corrected chi connectivity index (χ0v) is 12.4. The molecular weight excluding hydrogens is 264 g/mol. The highest BCUT2D eigenvalue weighted by Gasteiger charge is 2.24. The van der Waals surface area contributed by atoms with Gasteiger partial charge in [0.1, 0.15) is 6.04 Å². The zero-order valence-electron chi connectivity index (χ0n) is 12.4. The van der Waals surface area contributed by atoms with Crippen LogP contribution in [0.4, 0.5) is 0 Å². The van der Waals surface area contributed by atoms with Gasteiger partial charge in [-0.15, -0.1) is 0 Å². The fourth-order valence-corrected chi connectivity index (χ4v) is 2.30. The Bertz CT molecular complexity index is 581. The molecule has 0 aliphatic rings. The second-order valence-electron chi connectivity index (χ2n) is 5.20. The van der Waals surface area contributed by atoms with Crippen molar-refractivity contribution in [3.8, 4) is 0 Å². The lowest BCUT2D eigenvalue weighted by Gasteiger charge is -2.25. The standard InChI is InChI=1S/C17H20N2O2/c1-13-6-8-14(9-7-13)16(17(20)21)19(2)12-10-15-5-3-4-11-18-15/h3-9,11,16H,10,12H2,1-2H3,(H,20,21)/t16-/m0/s1. The van der Waals surface area contributed by atoms with Gasteiger partial charge in [-0.25, -0.2) is 0 Å². The average molecular weight is 284 g/mol. The maximum absolute atomic E-state index is 11.6. The number of benzene rings is 1. The molecule has 0 aliphatic carbocycles. The third-order valence-electron chi connectivity index (χ3n) is 3.51. The number of hydrogen-bond donors (Lipinski definition) is 1. The lowest BCUT2D eigenvalue weighted by Crippen LogP contribution is -2.32. The van der Waals surface area contributed by atoms with Crippen LogP contribution in [0.3, 0.4) is 0 Å². The number of likely N-dealkylation sites (N-methyl/N-ethyl adjacent to an activating group) is 1. The highest BCUT2D eigenvalue weighted by Crippen LogP contribution is 2.20. The molecule has 0 unspecified atom stereocenters. The van der Waals surface area contributed by atoms with Crippen LogP contribution in [-0.2, 0) is 11.2 Å². The molecule has 2 aromatic rings. The zero-order chi connectivity index (χ0) is 15.2. The van der Waals surface area contributed by atoms with Crippen LogP contribution in [0.15, 0.2) is 48.7 Å². The first-order valence-corrected chi connectivity index (χ1v) is 6.97. The molecule has 0 amide bonds. The Morgan fingerprint density at radius 2 is 1.95 bits per heavy atom. The number of aliphatic carboxylic acids is 1. The van der Waals surface area contributed by atoms with E-state index in [1.54, 1.807) is 6.20 Å². The van der Waals surface area contributed by atoms with E-state index in [-0.39, 0.29) is 0 Å². The highest BCUT2D eigenvalue weighted by molar-refractivity contribution is 5.75. The molecule has 4 nitrogen and oxygen atoms in total. The molecule has 1 N–H and O–H groups in total. The van der Waals surface area contributed by atoms with Crippen molar-refractivity contribution in [3.05, 3.63) is 65.5 Å². The van der Waals surface area contributed by atoms with Crippen molar-refractivity contribution in [1.82, 2.24) is 9.88 Å². The molecule has 1 aromatic carbocycles. The Balaban J connectivity index is 2.07. The van der Waals surface area contributed by atoms with Gasteiger partial charge in [0.05, 0.1) is 0 Å². The molecule has 4 heteroatoms. The minimum absolute atomic E-state index is 0.630. The monoisotopic (exact) mass is 284 g/mol. The minimum atomic E-state index is -0.831. The second-order valence-corrected chi connectivity index (χ2v) is 5.20. The third kappa shape index (κ3) is 4.13. The number of carboxylic acids is 1. The van der Waals surface area contributed by atoms with E-state index >= 15 is 0 Å². The summed E-state index contributed by atoms with van der Waals surface area (Å²) in [6.45, 7) is 2.63. The third-order valence-corrected chi connectivity index (χ3v) is 3.51. The van der Waals surface area contributed by atoms with E-state index in [0.717, 1.165) is 23.2 Å². The summed E-state index contributed by atoms with van der Waals surface area (Å²) < 4.78 is 0. The Morgan fingerprint density at radius 1 is 1.24 bits per heavy atom. The largest absolute Gasteiger partial charge is 0.480 e. The van der Waals surface area contributed by atoms with Crippen molar-refractivity contribution in [1.29, 1.82) is 0 Å². The Morgan fingerprint density at radius 3 is 2.52 bits per heavy atom. The van der Waals surface area contributed by atoms with E-state index in [0.29, 0.717) is 6.54 Å². The molecule has 0 radical (unpaired) electrons. The fourth-order valence-electron chi connectivity index (χ4n) is 2.30. The molecule has 0 spiro atoms.